The van der Waals surface area contributed by atoms with Crippen molar-refractivity contribution in [3.63, 3.8) is 0 Å². The van der Waals surface area contributed by atoms with Gasteiger partial charge in [0.2, 0.25) is 11.8 Å². The minimum atomic E-state index is -1.49. The average molecular weight is 609 g/mol. The van der Waals surface area contributed by atoms with E-state index >= 15 is 0 Å². The van der Waals surface area contributed by atoms with Gasteiger partial charge in [-0.1, -0.05) is 29.8 Å². The van der Waals surface area contributed by atoms with Crippen LogP contribution in [0.25, 0.3) is 0 Å². The van der Waals surface area contributed by atoms with Crippen LogP contribution in [-0.4, -0.2) is 60.3 Å². The van der Waals surface area contributed by atoms with Gasteiger partial charge in [0.15, 0.2) is 23.1 Å². The molecule has 0 spiro atoms. The number of aliphatic carboxylic acids is 1. The molecule has 0 fully saturated rings. The molecule has 1 unspecified atom stereocenters. The Morgan fingerprint density at radius 1 is 1.03 bits per heavy atom. The molecule has 0 aliphatic rings. The van der Waals surface area contributed by atoms with Crippen LogP contribution >= 0.6 is 15.9 Å². The van der Waals surface area contributed by atoms with E-state index in [-0.39, 0.29) is 18.0 Å². The van der Waals surface area contributed by atoms with E-state index in [4.69, 9.17) is 9.47 Å². The topological polar surface area (TPSA) is 148 Å². The maximum absolute atomic E-state index is 14.0. The van der Waals surface area contributed by atoms with E-state index in [1.54, 1.807) is 26.0 Å². The summed E-state index contributed by atoms with van der Waals surface area (Å²) in [6, 6.07) is 5.99. The summed E-state index contributed by atoms with van der Waals surface area (Å²) in [6.07, 6.45) is -0.949. The van der Waals surface area contributed by atoms with Gasteiger partial charge in [-0.15, -0.1) is 0 Å². The van der Waals surface area contributed by atoms with Crippen molar-refractivity contribution < 1.29 is 42.9 Å². The summed E-state index contributed by atoms with van der Waals surface area (Å²) in [5.41, 5.74) is 0.818. The standard InChI is InChI=1S/C27H30BrFN2O8/c1-14(2)26(31-24(34)10-17-9-16(15(3)32)5-7-22(17)38-4)27(37)30-20(12-25(35)36)21(33)13-39-23-8-6-18(28)11-19(23)29/h5-9,11,14,20,26H,10,12-13H2,1-4H3,(H,30,37)(H,31,34)(H,35,36)/t20?,26-/m0/s1. The van der Waals surface area contributed by atoms with E-state index < -0.39 is 60.4 Å². The summed E-state index contributed by atoms with van der Waals surface area (Å²) in [5, 5.41) is 14.2. The second-order valence-electron chi connectivity index (χ2n) is 9.04. The van der Waals surface area contributed by atoms with Crippen LogP contribution in [-0.2, 0) is 25.6 Å². The van der Waals surface area contributed by atoms with Crippen LogP contribution in [0.1, 0.15) is 43.1 Å². The summed E-state index contributed by atoms with van der Waals surface area (Å²) in [6.45, 7) is 4.02. The van der Waals surface area contributed by atoms with Gasteiger partial charge < -0.3 is 25.2 Å². The summed E-state index contributed by atoms with van der Waals surface area (Å²) >= 11 is 3.11. The maximum atomic E-state index is 14.0. The fourth-order valence-corrected chi connectivity index (χ4v) is 3.92. The number of ether oxygens (including phenoxy) is 2. The lowest BCUT2D eigenvalue weighted by molar-refractivity contribution is -0.141. The zero-order chi connectivity index (χ0) is 29.3. The van der Waals surface area contributed by atoms with Gasteiger partial charge in [-0.3, -0.25) is 24.0 Å². The third kappa shape index (κ3) is 9.47. The van der Waals surface area contributed by atoms with Crippen LogP contribution in [0.3, 0.4) is 0 Å². The molecule has 12 heteroatoms. The maximum Gasteiger partial charge on any atom is 0.305 e. The average Bonchev–Trinajstić information content (AvgIpc) is 2.85. The Kier molecular flexibility index (Phi) is 11.6. The predicted molar refractivity (Wildman–Crippen MR) is 142 cm³/mol. The normalized spacial score (nSPS) is 12.3. The number of hydrogen-bond acceptors (Lipinski definition) is 7. The fraction of sp³-hybridized carbons (Fsp3) is 0.370. The first-order chi connectivity index (χ1) is 18.3. The van der Waals surface area contributed by atoms with Crippen molar-refractivity contribution in [2.45, 2.75) is 45.7 Å². The van der Waals surface area contributed by atoms with Gasteiger partial charge in [-0.2, -0.15) is 0 Å². The van der Waals surface area contributed by atoms with Crippen molar-refractivity contribution in [1.82, 2.24) is 10.6 Å². The number of carbonyl (C=O) groups excluding carboxylic acids is 4. The lowest BCUT2D eigenvalue weighted by atomic mass is 10.0. The van der Waals surface area contributed by atoms with Crippen molar-refractivity contribution in [3.8, 4) is 11.5 Å². The second kappa shape index (κ2) is 14.4. The van der Waals surface area contributed by atoms with Gasteiger partial charge in [-0.25, -0.2) is 4.39 Å². The number of ketones is 2. The largest absolute Gasteiger partial charge is 0.496 e. The van der Waals surface area contributed by atoms with Gasteiger partial charge in [0.1, 0.15) is 24.4 Å². The van der Waals surface area contributed by atoms with Crippen molar-refractivity contribution in [2.24, 2.45) is 5.92 Å². The van der Waals surface area contributed by atoms with Crippen molar-refractivity contribution >= 4 is 45.3 Å². The monoisotopic (exact) mass is 608 g/mol. The Balaban J connectivity index is 2.13. The van der Waals surface area contributed by atoms with Crippen molar-refractivity contribution in [1.29, 1.82) is 0 Å². The van der Waals surface area contributed by atoms with Gasteiger partial charge in [-0.05, 0) is 49.2 Å². The zero-order valence-corrected chi connectivity index (χ0v) is 23.5. The van der Waals surface area contributed by atoms with E-state index in [0.717, 1.165) is 6.07 Å². The summed E-state index contributed by atoms with van der Waals surface area (Å²) in [4.78, 5) is 61.7. The van der Waals surface area contributed by atoms with Crippen LogP contribution in [0.15, 0.2) is 40.9 Å². The quantitative estimate of drug-likeness (QED) is 0.277. The van der Waals surface area contributed by atoms with Crippen molar-refractivity contribution in [2.75, 3.05) is 13.7 Å². The van der Waals surface area contributed by atoms with E-state index in [9.17, 15) is 33.5 Å². The number of carboxylic acids is 1. The Labute approximate surface area is 233 Å². The van der Waals surface area contributed by atoms with Gasteiger partial charge in [0.25, 0.3) is 0 Å². The molecular formula is C27H30BrFN2O8. The molecule has 0 saturated carbocycles. The SMILES string of the molecule is COc1ccc(C(C)=O)cc1CC(=O)N[C@H](C(=O)NC(CC(=O)O)C(=O)COc1ccc(Br)cc1F)C(C)C. The molecular weight excluding hydrogens is 579 g/mol. The number of methoxy groups -OCH3 is 1. The highest BCUT2D eigenvalue weighted by atomic mass is 79.9. The molecule has 0 aliphatic carbocycles. The van der Waals surface area contributed by atoms with E-state index in [2.05, 4.69) is 26.6 Å². The molecule has 0 heterocycles. The lowest BCUT2D eigenvalue weighted by Gasteiger charge is -2.25. The van der Waals surface area contributed by atoms with Gasteiger partial charge >= 0.3 is 5.97 Å². The Hall–Kier alpha value is -3.80. The van der Waals surface area contributed by atoms with Crippen LogP contribution in [0.2, 0.25) is 0 Å². The number of carbonyl (C=O) groups is 5. The summed E-state index contributed by atoms with van der Waals surface area (Å²) < 4.78 is 24.9. The molecule has 0 aliphatic heterocycles. The highest BCUT2D eigenvalue weighted by molar-refractivity contribution is 9.10. The number of amides is 2. The highest BCUT2D eigenvalue weighted by Gasteiger charge is 2.30. The zero-order valence-electron chi connectivity index (χ0n) is 21.9. The minimum Gasteiger partial charge on any atom is -0.496 e. The van der Waals surface area contributed by atoms with Crippen LogP contribution in [0.4, 0.5) is 4.39 Å². The molecule has 0 saturated heterocycles. The van der Waals surface area contributed by atoms with Crippen molar-refractivity contribution in [3.05, 3.63) is 57.8 Å². The molecule has 2 aromatic rings. The molecule has 0 bridgehead atoms. The molecule has 10 nitrogen and oxygen atoms in total. The number of Topliss-reactive ketones (excluding diaryl/α,β-unsaturated/α-hetero) is 2. The number of nitrogens with one attached hydrogen (secondary N) is 2. The molecule has 2 atom stereocenters. The van der Waals surface area contributed by atoms with Gasteiger partial charge in [0.05, 0.1) is 20.0 Å². The number of carboxylic acid groups (broad SMARTS) is 1. The Morgan fingerprint density at radius 2 is 1.69 bits per heavy atom. The van der Waals surface area contributed by atoms with E-state index in [1.165, 1.54) is 32.2 Å². The minimum absolute atomic E-state index is 0.195. The van der Waals surface area contributed by atoms with Crippen LogP contribution in [0, 0.1) is 11.7 Å². The fourth-order valence-electron chi connectivity index (χ4n) is 3.59. The smallest absolute Gasteiger partial charge is 0.305 e. The first-order valence-corrected chi connectivity index (χ1v) is 12.7. The molecule has 2 rings (SSSR count). The molecule has 3 N–H and O–H groups in total. The summed E-state index contributed by atoms with van der Waals surface area (Å²) in [5.74, 6) is -4.69. The first kappa shape index (κ1) is 31.4. The number of hydrogen-bond donors (Lipinski definition) is 3. The lowest BCUT2D eigenvalue weighted by Crippen LogP contribution is -2.54. The number of rotatable bonds is 14. The predicted octanol–water partition coefficient (Wildman–Crippen LogP) is 3.09. The molecule has 39 heavy (non-hydrogen) atoms. The third-order valence-corrected chi connectivity index (χ3v) is 6.14. The van der Waals surface area contributed by atoms with Crippen LogP contribution < -0.4 is 20.1 Å². The number of halogens is 2. The number of benzene rings is 2. The molecule has 210 valence electrons. The summed E-state index contributed by atoms with van der Waals surface area (Å²) in [7, 11) is 1.42. The molecule has 0 aromatic heterocycles. The third-order valence-electron chi connectivity index (χ3n) is 5.65. The van der Waals surface area contributed by atoms with E-state index in [1.807, 2.05) is 0 Å². The molecule has 0 radical (unpaired) electrons. The Morgan fingerprint density at radius 3 is 2.26 bits per heavy atom. The van der Waals surface area contributed by atoms with Gasteiger partial charge in [0, 0.05) is 15.6 Å². The first-order valence-electron chi connectivity index (χ1n) is 11.9. The molecule has 2 aromatic carbocycles. The van der Waals surface area contributed by atoms with Crippen LogP contribution in [0.5, 0.6) is 11.5 Å². The molecule has 2 amide bonds. The second-order valence-corrected chi connectivity index (χ2v) is 9.95. The van der Waals surface area contributed by atoms with E-state index in [0.29, 0.717) is 21.3 Å². The Bertz CT molecular complexity index is 1250. The highest BCUT2D eigenvalue weighted by Crippen LogP contribution is 2.22.